The van der Waals surface area contributed by atoms with Crippen LogP contribution in [-0.2, 0) is 6.42 Å². The summed E-state index contributed by atoms with van der Waals surface area (Å²) in [6.07, 6.45) is 2.09. The van der Waals surface area contributed by atoms with E-state index in [1.54, 1.807) is 0 Å². The Morgan fingerprint density at radius 3 is 2.92 bits per heavy atom. The number of alkyl halides is 1. The van der Waals surface area contributed by atoms with E-state index in [9.17, 15) is 0 Å². The fraction of sp³-hybridized carbons (Fsp3) is 0.750. The molecule has 0 bridgehead atoms. The molecule has 0 saturated heterocycles. The van der Waals surface area contributed by atoms with Gasteiger partial charge in [-0.3, -0.25) is 0 Å². The van der Waals surface area contributed by atoms with Crippen molar-refractivity contribution in [3.05, 3.63) is 5.82 Å². The van der Waals surface area contributed by atoms with Gasteiger partial charge in [-0.2, -0.15) is 4.37 Å². The van der Waals surface area contributed by atoms with E-state index in [-0.39, 0.29) is 0 Å². The lowest BCUT2D eigenvalue weighted by Gasteiger charge is -2.11. The zero-order chi connectivity index (χ0) is 9.68. The molecule has 1 rings (SSSR count). The molecular weight excluding hydrogens is 250 g/mol. The van der Waals surface area contributed by atoms with E-state index in [2.05, 4.69) is 37.1 Å². The van der Waals surface area contributed by atoms with E-state index in [0.29, 0.717) is 0 Å². The van der Waals surface area contributed by atoms with Gasteiger partial charge in [0.2, 0.25) is 5.13 Å². The minimum Gasteiger partial charge on any atom is -0.349 e. The second-order valence-corrected chi connectivity index (χ2v) is 4.38. The molecule has 0 aliphatic carbocycles. The average Bonchev–Trinajstić information content (AvgIpc) is 2.54. The monoisotopic (exact) mass is 263 g/mol. The van der Waals surface area contributed by atoms with Gasteiger partial charge in [0.25, 0.3) is 0 Å². The van der Waals surface area contributed by atoms with Crippen LogP contribution in [0.4, 0.5) is 5.13 Å². The van der Waals surface area contributed by atoms with Gasteiger partial charge >= 0.3 is 0 Å². The lowest BCUT2D eigenvalue weighted by molar-refractivity contribution is 0.853. The maximum absolute atomic E-state index is 4.43. The number of hydrogen-bond donors (Lipinski definition) is 0. The third-order valence-corrected chi connectivity index (χ3v) is 2.90. The summed E-state index contributed by atoms with van der Waals surface area (Å²) in [5, 5.41) is 1.98. The van der Waals surface area contributed by atoms with E-state index >= 15 is 0 Å². The molecule has 1 heterocycles. The summed E-state index contributed by atoms with van der Waals surface area (Å²) < 4.78 is 4.28. The van der Waals surface area contributed by atoms with Gasteiger partial charge in [-0.15, -0.1) is 0 Å². The number of aromatic nitrogens is 2. The molecule has 0 atom stereocenters. The van der Waals surface area contributed by atoms with Crippen LogP contribution in [0.1, 0.15) is 19.2 Å². The maximum Gasteiger partial charge on any atom is 0.204 e. The highest BCUT2D eigenvalue weighted by molar-refractivity contribution is 9.09. The van der Waals surface area contributed by atoms with Crippen LogP contribution in [-0.4, -0.2) is 28.3 Å². The van der Waals surface area contributed by atoms with Crippen molar-refractivity contribution in [3.8, 4) is 0 Å². The van der Waals surface area contributed by atoms with E-state index in [4.69, 9.17) is 0 Å². The topological polar surface area (TPSA) is 29.0 Å². The van der Waals surface area contributed by atoms with Crippen molar-refractivity contribution in [3.63, 3.8) is 0 Å². The van der Waals surface area contributed by atoms with Crippen molar-refractivity contribution < 1.29 is 0 Å². The molecule has 0 radical (unpaired) electrons. The van der Waals surface area contributed by atoms with Gasteiger partial charge in [0.1, 0.15) is 5.82 Å². The Morgan fingerprint density at radius 2 is 2.31 bits per heavy atom. The van der Waals surface area contributed by atoms with E-state index < -0.39 is 0 Å². The van der Waals surface area contributed by atoms with E-state index in [1.807, 2.05) is 7.05 Å². The minimum absolute atomic E-state index is 0.964. The number of nitrogens with zero attached hydrogens (tertiary/aromatic N) is 3. The number of hydrogen-bond acceptors (Lipinski definition) is 4. The Bertz CT molecular complexity index is 251. The van der Waals surface area contributed by atoms with Crippen molar-refractivity contribution in [2.45, 2.75) is 19.8 Å². The summed E-state index contributed by atoms with van der Waals surface area (Å²) in [7, 11) is 2.04. The molecule has 5 heteroatoms. The summed E-state index contributed by atoms with van der Waals surface area (Å²) in [5.74, 6) is 0.976. The lowest BCUT2D eigenvalue weighted by Crippen LogP contribution is -2.19. The summed E-state index contributed by atoms with van der Waals surface area (Å²) in [4.78, 5) is 6.55. The quantitative estimate of drug-likeness (QED) is 0.764. The Morgan fingerprint density at radius 1 is 1.54 bits per heavy atom. The molecule has 1 aromatic heterocycles. The van der Waals surface area contributed by atoms with Crippen molar-refractivity contribution in [1.82, 2.24) is 9.36 Å². The van der Waals surface area contributed by atoms with Crippen LogP contribution in [0.2, 0.25) is 0 Å². The molecule has 0 unspecified atom stereocenters. The van der Waals surface area contributed by atoms with Crippen molar-refractivity contribution in [1.29, 1.82) is 0 Å². The van der Waals surface area contributed by atoms with Gasteiger partial charge in [-0.05, 0) is 6.42 Å². The largest absolute Gasteiger partial charge is 0.349 e. The van der Waals surface area contributed by atoms with Gasteiger partial charge in [0.05, 0.1) is 0 Å². The SMILES string of the molecule is CCCc1nsc(N(C)CCBr)n1. The van der Waals surface area contributed by atoms with Gasteiger partial charge < -0.3 is 4.90 Å². The Labute approximate surface area is 91.5 Å². The third kappa shape index (κ3) is 3.23. The highest BCUT2D eigenvalue weighted by Gasteiger charge is 2.06. The predicted molar refractivity (Wildman–Crippen MR) is 61.0 cm³/mol. The third-order valence-electron chi connectivity index (χ3n) is 1.68. The molecule has 0 aromatic carbocycles. The van der Waals surface area contributed by atoms with Crippen LogP contribution in [0, 0.1) is 0 Å². The second kappa shape index (κ2) is 5.54. The highest BCUT2D eigenvalue weighted by atomic mass is 79.9. The van der Waals surface area contributed by atoms with Crippen LogP contribution >= 0.6 is 27.5 Å². The maximum atomic E-state index is 4.43. The van der Waals surface area contributed by atoms with E-state index in [1.165, 1.54) is 11.5 Å². The highest BCUT2D eigenvalue weighted by Crippen LogP contribution is 2.16. The molecule has 0 fully saturated rings. The van der Waals surface area contributed by atoms with Gasteiger partial charge in [-0.25, -0.2) is 4.98 Å². The molecule has 74 valence electrons. The summed E-state index contributed by atoms with van der Waals surface area (Å²) in [5.41, 5.74) is 0. The molecule has 0 aliphatic rings. The predicted octanol–water partition coefficient (Wildman–Crippen LogP) is 2.32. The Kier molecular flexibility index (Phi) is 4.66. The fourth-order valence-electron chi connectivity index (χ4n) is 0.947. The van der Waals surface area contributed by atoms with E-state index in [0.717, 1.165) is 35.7 Å². The first-order valence-corrected chi connectivity index (χ1v) is 6.27. The van der Waals surface area contributed by atoms with Gasteiger partial charge in [0.15, 0.2) is 0 Å². The molecule has 1 aromatic rings. The smallest absolute Gasteiger partial charge is 0.204 e. The number of anilines is 1. The standard InChI is InChI=1S/C8H14BrN3S/c1-3-4-7-10-8(13-11-7)12(2)6-5-9/h3-6H2,1-2H3. The fourth-order valence-corrected chi connectivity index (χ4v) is 2.18. The normalized spacial score (nSPS) is 10.4. The van der Waals surface area contributed by atoms with Crippen LogP contribution in [0.15, 0.2) is 0 Å². The van der Waals surface area contributed by atoms with Crippen molar-refractivity contribution in [2.24, 2.45) is 0 Å². The zero-order valence-electron chi connectivity index (χ0n) is 7.96. The number of rotatable bonds is 5. The average molecular weight is 264 g/mol. The molecule has 0 spiro atoms. The van der Waals surface area contributed by atoms with Crippen molar-refractivity contribution in [2.75, 3.05) is 23.8 Å². The first-order valence-electron chi connectivity index (χ1n) is 4.37. The number of halogens is 1. The summed E-state index contributed by atoms with van der Waals surface area (Å²) in [6, 6.07) is 0. The Balaban J connectivity index is 2.56. The van der Waals surface area contributed by atoms with Crippen LogP contribution in [0.3, 0.4) is 0 Å². The molecule has 3 nitrogen and oxygen atoms in total. The minimum atomic E-state index is 0.964. The first kappa shape index (κ1) is 10.9. The second-order valence-electron chi connectivity index (χ2n) is 2.85. The summed E-state index contributed by atoms with van der Waals surface area (Å²) >= 11 is 4.88. The molecule has 0 saturated carbocycles. The Hall–Kier alpha value is -0.160. The molecule has 0 aliphatic heterocycles. The molecule has 0 N–H and O–H groups in total. The lowest BCUT2D eigenvalue weighted by atomic mass is 10.3. The molecule has 0 amide bonds. The summed E-state index contributed by atoms with van der Waals surface area (Å²) in [6.45, 7) is 3.11. The molecular formula is C8H14BrN3S. The van der Waals surface area contributed by atoms with Gasteiger partial charge in [0, 0.05) is 36.9 Å². The first-order chi connectivity index (χ1) is 6.27. The van der Waals surface area contributed by atoms with Crippen molar-refractivity contribution >= 4 is 32.6 Å². The zero-order valence-corrected chi connectivity index (χ0v) is 10.4. The molecule has 13 heavy (non-hydrogen) atoms. The van der Waals surface area contributed by atoms with Crippen LogP contribution < -0.4 is 4.90 Å². The number of aryl methyl sites for hydroxylation is 1. The van der Waals surface area contributed by atoms with Gasteiger partial charge in [-0.1, -0.05) is 22.9 Å². The van der Waals surface area contributed by atoms with Crippen LogP contribution in [0.25, 0.3) is 0 Å². The van der Waals surface area contributed by atoms with Crippen LogP contribution in [0.5, 0.6) is 0 Å².